The van der Waals surface area contributed by atoms with Gasteiger partial charge in [-0.1, -0.05) is 36.4 Å². The fraction of sp³-hybridized carbons (Fsp3) is 0.160. The van der Waals surface area contributed by atoms with Crippen LogP contribution in [0.25, 0.3) is 11.1 Å². The Hall–Kier alpha value is -4.18. The summed E-state index contributed by atoms with van der Waals surface area (Å²) in [5.74, 6) is -5.16. The Morgan fingerprint density at radius 3 is 2.20 bits per heavy atom. The van der Waals surface area contributed by atoms with E-state index in [-0.39, 0.29) is 23.5 Å². The van der Waals surface area contributed by atoms with Gasteiger partial charge in [-0.2, -0.15) is 0 Å². The van der Waals surface area contributed by atoms with E-state index in [9.17, 15) is 23.5 Å². The number of methoxy groups -OCH3 is 1. The van der Waals surface area contributed by atoms with E-state index in [2.05, 4.69) is 0 Å². The molecule has 10 heteroatoms. The molecule has 35 heavy (non-hydrogen) atoms. The van der Waals surface area contributed by atoms with Crippen LogP contribution in [-0.4, -0.2) is 41.4 Å². The van der Waals surface area contributed by atoms with Gasteiger partial charge in [0.25, 0.3) is 5.91 Å². The molecule has 0 fully saturated rings. The number of nitrogen functional groups attached to an aromatic ring is 1. The molecular weight excluding hydrogens is 463 g/mol. The quantitative estimate of drug-likeness (QED) is 0.314. The minimum atomic E-state index is -1.79. The number of carbonyl (C=O) groups is 2. The van der Waals surface area contributed by atoms with Gasteiger partial charge in [0.2, 0.25) is 0 Å². The number of hydrogen-bond donors (Lipinski definition) is 3. The molecule has 1 unspecified atom stereocenters. The first-order valence-corrected chi connectivity index (χ1v) is 10.3. The smallest absolute Gasteiger partial charge is 0.323 e. The van der Waals surface area contributed by atoms with Crippen LogP contribution in [0.5, 0.6) is 0 Å². The largest absolute Gasteiger partial charge is 0.480 e. The molecule has 0 saturated carbocycles. The van der Waals surface area contributed by atoms with Crippen LogP contribution in [0, 0.1) is 22.9 Å². The normalized spacial score (nSPS) is 11.7. The summed E-state index contributed by atoms with van der Waals surface area (Å²) in [5.41, 5.74) is 5.83. The van der Waals surface area contributed by atoms with Crippen LogP contribution >= 0.6 is 0 Å². The fourth-order valence-corrected chi connectivity index (χ4v) is 3.56. The third-order valence-electron chi connectivity index (χ3n) is 5.28. The molecule has 1 atom stereocenters. The SMILES string of the molecule is COC(C(=O)N(CC(=O)O)Cc1ccc(C(=N)N)cc1)c1c(F)ccc(-c2ccc(F)cc2)c1F. The Bertz CT molecular complexity index is 1250. The molecule has 3 aromatic carbocycles. The molecule has 0 aliphatic heterocycles. The van der Waals surface area contributed by atoms with Crippen molar-refractivity contribution in [1.29, 1.82) is 5.41 Å². The maximum Gasteiger partial charge on any atom is 0.323 e. The Balaban J connectivity index is 1.98. The number of amides is 1. The molecule has 0 heterocycles. The van der Waals surface area contributed by atoms with Crippen molar-refractivity contribution in [2.45, 2.75) is 12.6 Å². The van der Waals surface area contributed by atoms with Gasteiger partial charge in [0.15, 0.2) is 6.10 Å². The van der Waals surface area contributed by atoms with E-state index in [0.29, 0.717) is 11.1 Å². The Morgan fingerprint density at radius 1 is 1.03 bits per heavy atom. The summed E-state index contributed by atoms with van der Waals surface area (Å²) in [6.45, 7) is -0.960. The van der Waals surface area contributed by atoms with Crippen molar-refractivity contribution >= 4 is 17.7 Å². The predicted octanol–water partition coefficient (Wildman–Crippen LogP) is 3.86. The molecule has 0 aromatic heterocycles. The molecule has 7 nitrogen and oxygen atoms in total. The number of ether oxygens (including phenoxy) is 1. The monoisotopic (exact) mass is 485 g/mol. The first-order chi connectivity index (χ1) is 16.6. The van der Waals surface area contributed by atoms with Crippen molar-refractivity contribution in [3.05, 3.63) is 94.8 Å². The van der Waals surface area contributed by atoms with E-state index < -0.39 is 47.5 Å². The summed E-state index contributed by atoms with van der Waals surface area (Å²) in [5, 5.41) is 16.8. The van der Waals surface area contributed by atoms with Crippen LogP contribution in [0.1, 0.15) is 22.8 Å². The van der Waals surface area contributed by atoms with Crippen molar-refractivity contribution in [3.63, 3.8) is 0 Å². The minimum Gasteiger partial charge on any atom is -0.480 e. The second-order valence-electron chi connectivity index (χ2n) is 7.64. The van der Waals surface area contributed by atoms with Crippen molar-refractivity contribution in [1.82, 2.24) is 4.90 Å². The molecule has 4 N–H and O–H groups in total. The average molecular weight is 485 g/mol. The van der Waals surface area contributed by atoms with E-state index in [1.807, 2.05) is 0 Å². The van der Waals surface area contributed by atoms with Gasteiger partial charge in [-0.3, -0.25) is 15.0 Å². The molecule has 182 valence electrons. The van der Waals surface area contributed by atoms with Crippen LogP contribution in [0.4, 0.5) is 13.2 Å². The van der Waals surface area contributed by atoms with Crippen LogP contribution in [0.15, 0.2) is 60.7 Å². The van der Waals surface area contributed by atoms with Crippen molar-refractivity contribution in [2.24, 2.45) is 5.73 Å². The number of nitrogens with zero attached hydrogens (tertiary/aromatic N) is 1. The van der Waals surface area contributed by atoms with Crippen molar-refractivity contribution in [3.8, 4) is 11.1 Å². The summed E-state index contributed by atoms with van der Waals surface area (Å²) < 4.78 is 48.7. The van der Waals surface area contributed by atoms with E-state index in [4.69, 9.17) is 15.9 Å². The lowest BCUT2D eigenvalue weighted by Crippen LogP contribution is -2.39. The average Bonchev–Trinajstić information content (AvgIpc) is 2.82. The third-order valence-corrected chi connectivity index (χ3v) is 5.28. The molecule has 1 amide bonds. The highest BCUT2D eigenvalue weighted by Crippen LogP contribution is 2.33. The minimum absolute atomic E-state index is 0.0825. The Kier molecular flexibility index (Phi) is 7.87. The van der Waals surface area contributed by atoms with Gasteiger partial charge in [0.1, 0.15) is 29.8 Å². The summed E-state index contributed by atoms with van der Waals surface area (Å²) in [7, 11) is 1.08. The summed E-state index contributed by atoms with van der Waals surface area (Å²) >= 11 is 0. The number of aliphatic carboxylic acids is 1. The van der Waals surface area contributed by atoms with Gasteiger partial charge in [-0.15, -0.1) is 0 Å². The van der Waals surface area contributed by atoms with E-state index in [0.717, 1.165) is 36.3 Å². The number of carbonyl (C=O) groups excluding carboxylic acids is 1. The number of halogens is 3. The van der Waals surface area contributed by atoms with Crippen molar-refractivity contribution in [2.75, 3.05) is 13.7 Å². The van der Waals surface area contributed by atoms with Crippen molar-refractivity contribution < 1.29 is 32.6 Å². The third kappa shape index (κ3) is 5.85. The molecular formula is C25H22F3N3O4. The second-order valence-corrected chi connectivity index (χ2v) is 7.64. The number of nitrogens with two attached hydrogens (primary N) is 1. The lowest BCUT2D eigenvalue weighted by atomic mass is 9.98. The predicted molar refractivity (Wildman–Crippen MR) is 122 cm³/mol. The molecule has 0 spiro atoms. The number of amidine groups is 1. The zero-order chi connectivity index (χ0) is 25.7. The highest BCUT2D eigenvalue weighted by Gasteiger charge is 2.33. The highest BCUT2D eigenvalue weighted by molar-refractivity contribution is 5.94. The maximum absolute atomic E-state index is 15.5. The molecule has 3 rings (SSSR count). The second kappa shape index (κ2) is 10.8. The zero-order valence-corrected chi connectivity index (χ0v) is 18.6. The first-order valence-electron chi connectivity index (χ1n) is 10.3. The number of carboxylic acids is 1. The van der Waals surface area contributed by atoms with Gasteiger partial charge in [0.05, 0.1) is 5.56 Å². The Morgan fingerprint density at radius 2 is 1.66 bits per heavy atom. The van der Waals surface area contributed by atoms with Crippen LogP contribution < -0.4 is 5.73 Å². The van der Waals surface area contributed by atoms with Gasteiger partial charge in [0, 0.05) is 24.8 Å². The van der Waals surface area contributed by atoms with Gasteiger partial charge in [-0.25, -0.2) is 13.2 Å². The van der Waals surface area contributed by atoms with E-state index >= 15 is 4.39 Å². The summed E-state index contributed by atoms with van der Waals surface area (Å²) in [4.78, 5) is 25.6. The summed E-state index contributed by atoms with van der Waals surface area (Å²) in [6.07, 6.45) is -1.79. The first kappa shape index (κ1) is 25.4. The molecule has 0 radical (unpaired) electrons. The molecule has 0 saturated heterocycles. The van der Waals surface area contributed by atoms with Crippen LogP contribution in [0.3, 0.4) is 0 Å². The van der Waals surface area contributed by atoms with Gasteiger partial charge in [-0.05, 0) is 35.4 Å². The zero-order valence-electron chi connectivity index (χ0n) is 18.6. The number of nitrogens with one attached hydrogen (secondary N) is 1. The molecule has 0 aliphatic carbocycles. The number of carboxylic acid groups (broad SMARTS) is 1. The molecule has 0 bridgehead atoms. The van der Waals surface area contributed by atoms with Crippen LogP contribution in [0.2, 0.25) is 0 Å². The highest BCUT2D eigenvalue weighted by atomic mass is 19.1. The topological polar surface area (TPSA) is 117 Å². The molecule has 0 aliphatic rings. The van der Waals surface area contributed by atoms with E-state index in [1.165, 1.54) is 24.3 Å². The van der Waals surface area contributed by atoms with Gasteiger partial charge < -0.3 is 20.5 Å². The molecule has 3 aromatic rings. The Labute approximate surface area is 199 Å². The lowest BCUT2D eigenvalue weighted by molar-refractivity contribution is -0.150. The maximum atomic E-state index is 15.5. The fourth-order valence-electron chi connectivity index (χ4n) is 3.56. The van der Waals surface area contributed by atoms with Crippen LogP contribution in [-0.2, 0) is 20.9 Å². The lowest BCUT2D eigenvalue weighted by Gasteiger charge is -2.26. The number of benzene rings is 3. The summed E-state index contributed by atoms with van der Waals surface area (Å²) in [6, 6.07) is 13.1. The van der Waals surface area contributed by atoms with E-state index in [1.54, 1.807) is 12.1 Å². The standard InChI is InChI=1S/C25H22F3N3O4/c1-35-23(21-19(27)11-10-18(22(21)28)15-6-8-17(26)9-7-15)25(34)31(13-20(32)33)12-14-2-4-16(5-3-14)24(29)30/h2-11,23H,12-13H2,1H3,(H3,29,30)(H,32,33). The number of hydrogen-bond acceptors (Lipinski definition) is 4. The number of rotatable bonds is 9. The van der Waals surface area contributed by atoms with Gasteiger partial charge >= 0.3 is 5.97 Å².